The number of furan rings is 1. The Bertz CT molecular complexity index is 1140. The summed E-state index contributed by atoms with van der Waals surface area (Å²) in [6.07, 6.45) is 1.39. The van der Waals surface area contributed by atoms with Crippen molar-refractivity contribution in [2.45, 2.75) is 0 Å². The van der Waals surface area contributed by atoms with Crippen molar-refractivity contribution in [2.75, 3.05) is 32.8 Å². The monoisotopic (exact) mass is 475 g/mol. The first-order chi connectivity index (χ1) is 15.3. The number of morpholine rings is 1. The fourth-order valence-corrected chi connectivity index (χ4v) is 4.26. The molecule has 11 heteroatoms. The molecule has 166 valence electrons. The van der Waals surface area contributed by atoms with Crippen molar-refractivity contribution in [2.24, 2.45) is 0 Å². The first kappa shape index (κ1) is 22.1. The average molecular weight is 476 g/mol. The Labute approximate surface area is 191 Å². The second kappa shape index (κ2) is 9.19. The average Bonchev–Trinajstić information content (AvgIpc) is 3.34. The van der Waals surface area contributed by atoms with Crippen LogP contribution in [0, 0.1) is 0 Å². The van der Waals surface area contributed by atoms with Crippen LogP contribution >= 0.6 is 23.4 Å². The Morgan fingerprint density at radius 3 is 2.62 bits per heavy atom. The lowest BCUT2D eigenvalue weighted by Gasteiger charge is -2.27. The van der Waals surface area contributed by atoms with Gasteiger partial charge in [-0.25, -0.2) is 0 Å². The Morgan fingerprint density at radius 1 is 1.16 bits per heavy atom. The first-order valence-electron chi connectivity index (χ1n) is 9.55. The van der Waals surface area contributed by atoms with Gasteiger partial charge in [0.15, 0.2) is 0 Å². The number of thioether (sulfide) groups is 1. The second-order valence-corrected chi connectivity index (χ2v) is 8.35. The van der Waals surface area contributed by atoms with Crippen molar-refractivity contribution < 1.29 is 33.4 Å². The van der Waals surface area contributed by atoms with Gasteiger partial charge in [-0.3, -0.25) is 19.3 Å². The Morgan fingerprint density at radius 2 is 1.91 bits per heavy atom. The summed E-state index contributed by atoms with van der Waals surface area (Å²) in [6.45, 7) is 1.34. The first-order valence-corrected chi connectivity index (χ1v) is 10.7. The molecule has 2 saturated heterocycles. The zero-order valence-electron chi connectivity index (χ0n) is 16.5. The highest BCUT2D eigenvalue weighted by Crippen LogP contribution is 2.35. The molecule has 0 aliphatic carbocycles. The van der Waals surface area contributed by atoms with E-state index in [9.17, 15) is 24.3 Å². The van der Waals surface area contributed by atoms with Crippen LogP contribution in [0.3, 0.4) is 0 Å². The zero-order valence-corrected chi connectivity index (χ0v) is 18.1. The maximum Gasteiger partial charge on any atom is 0.294 e. The summed E-state index contributed by atoms with van der Waals surface area (Å²) in [4.78, 5) is 51.0. The molecule has 0 spiro atoms. The number of ether oxygens (including phenoxy) is 1. The van der Waals surface area contributed by atoms with Crippen LogP contribution in [0.5, 0.6) is 0 Å². The number of nitrogens with zero attached hydrogens (tertiary/aromatic N) is 2. The molecule has 2 fully saturated rings. The molecule has 0 bridgehead atoms. The van der Waals surface area contributed by atoms with Gasteiger partial charge >= 0.3 is 0 Å². The van der Waals surface area contributed by atoms with E-state index in [1.165, 1.54) is 24.3 Å². The van der Waals surface area contributed by atoms with Gasteiger partial charge in [-0.2, -0.15) is 0 Å². The van der Waals surface area contributed by atoms with Crippen LogP contribution in [0.25, 0.3) is 17.4 Å². The predicted molar refractivity (Wildman–Crippen MR) is 114 cm³/mol. The molecule has 4 rings (SSSR count). The molecule has 2 aliphatic heterocycles. The van der Waals surface area contributed by atoms with Crippen LogP contribution in [0.1, 0.15) is 16.1 Å². The van der Waals surface area contributed by atoms with E-state index in [1.807, 2.05) is 0 Å². The Balaban J connectivity index is 1.50. The van der Waals surface area contributed by atoms with Crippen molar-refractivity contribution >= 4 is 52.5 Å². The van der Waals surface area contributed by atoms with Gasteiger partial charge in [0.1, 0.15) is 18.1 Å². The van der Waals surface area contributed by atoms with E-state index in [-0.39, 0.29) is 39.5 Å². The molecule has 3 heterocycles. The minimum absolute atomic E-state index is 0.0617. The number of amides is 3. The molecule has 0 radical (unpaired) electrons. The van der Waals surface area contributed by atoms with Gasteiger partial charge < -0.3 is 24.0 Å². The second-order valence-electron chi connectivity index (χ2n) is 6.95. The SMILES string of the molecule is O=C([O-])c1ccc(Cl)c(-c2ccc(/C=C3\SC(=O)N(CC(=O)N4CCOCC4)C3=O)o2)c1. The number of carboxylic acid groups (broad SMARTS) is 1. The normalized spacial score (nSPS) is 18.0. The number of hydrogen-bond donors (Lipinski definition) is 0. The van der Waals surface area contributed by atoms with Crippen LogP contribution in [-0.4, -0.2) is 65.7 Å². The van der Waals surface area contributed by atoms with Gasteiger partial charge in [-0.05, 0) is 41.6 Å². The lowest BCUT2D eigenvalue weighted by atomic mass is 10.1. The quantitative estimate of drug-likeness (QED) is 0.601. The maximum atomic E-state index is 12.7. The molecule has 0 atom stereocenters. The smallest absolute Gasteiger partial charge is 0.294 e. The third kappa shape index (κ3) is 4.57. The zero-order chi connectivity index (χ0) is 22.8. The van der Waals surface area contributed by atoms with Gasteiger partial charge in [-0.15, -0.1) is 0 Å². The molecule has 0 unspecified atom stereocenters. The van der Waals surface area contributed by atoms with E-state index in [0.29, 0.717) is 43.6 Å². The molecule has 3 amide bonds. The fourth-order valence-electron chi connectivity index (χ4n) is 3.23. The number of aromatic carboxylic acids is 1. The summed E-state index contributed by atoms with van der Waals surface area (Å²) in [5.41, 5.74) is 0.283. The van der Waals surface area contributed by atoms with Crippen molar-refractivity contribution in [3.05, 3.63) is 51.6 Å². The lowest BCUT2D eigenvalue weighted by molar-refractivity contribution is -0.255. The van der Waals surface area contributed by atoms with Gasteiger partial charge in [0.25, 0.3) is 11.1 Å². The molecule has 0 N–H and O–H groups in total. The summed E-state index contributed by atoms with van der Waals surface area (Å²) in [5.74, 6) is -1.71. The molecule has 1 aromatic carbocycles. The number of rotatable bonds is 5. The Kier molecular flexibility index (Phi) is 6.35. The molecule has 32 heavy (non-hydrogen) atoms. The number of hydrogen-bond acceptors (Lipinski definition) is 8. The minimum Gasteiger partial charge on any atom is -0.545 e. The molecule has 1 aromatic heterocycles. The summed E-state index contributed by atoms with van der Waals surface area (Å²) in [7, 11) is 0. The van der Waals surface area contributed by atoms with Gasteiger partial charge in [0, 0.05) is 24.7 Å². The van der Waals surface area contributed by atoms with Crippen molar-refractivity contribution in [3.63, 3.8) is 0 Å². The number of benzene rings is 1. The van der Waals surface area contributed by atoms with E-state index in [2.05, 4.69) is 0 Å². The van der Waals surface area contributed by atoms with Crippen LogP contribution in [-0.2, 0) is 14.3 Å². The van der Waals surface area contributed by atoms with E-state index in [4.69, 9.17) is 20.8 Å². The minimum atomic E-state index is -1.35. The molecule has 2 aliphatic rings. The van der Waals surface area contributed by atoms with Crippen LogP contribution in [0.4, 0.5) is 4.79 Å². The highest BCUT2D eigenvalue weighted by Gasteiger charge is 2.37. The number of carboxylic acids is 1. The standard InChI is InChI=1S/C21H17ClN2O7S/c22-15-3-1-12(20(27)28)9-14(15)16-4-2-13(31-16)10-17-19(26)24(21(29)32-17)11-18(25)23-5-7-30-8-6-23/h1-4,9-10H,5-8,11H2,(H,27,28)/p-1/b17-10-. The molecular formula is C21H16ClN2O7S-. The van der Waals surface area contributed by atoms with Crippen LogP contribution in [0.2, 0.25) is 5.02 Å². The van der Waals surface area contributed by atoms with E-state index >= 15 is 0 Å². The number of carbonyl (C=O) groups excluding carboxylic acids is 4. The van der Waals surface area contributed by atoms with Gasteiger partial charge in [0.05, 0.1) is 29.1 Å². The van der Waals surface area contributed by atoms with E-state index in [0.717, 1.165) is 4.90 Å². The summed E-state index contributed by atoms with van der Waals surface area (Å²) in [5, 5.41) is 10.8. The molecular weight excluding hydrogens is 460 g/mol. The Hall–Kier alpha value is -3.08. The van der Waals surface area contributed by atoms with Gasteiger partial charge in [-0.1, -0.05) is 17.7 Å². The maximum absolute atomic E-state index is 12.7. The predicted octanol–water partition coefficient (Wildman–Crippen LogP) is 1.86. The topological polar surface area (TPSA) is 120 Å². The van der Waals surface area contributed by atoms with Crippen LogP contribution in [0.15, 0.2) is 39.7 Å². The number of carbonyl (C=O) groups is 4. The van der Waals surface area contributed by atoms with Gasteiger partial charge in [0.2, 0.25) is 5.91 Å². The number of halogens is 1. The van der Waals surface area contributed by atoms with E-state index in [1.54, 1.807) is 17.0 Å². The largest absolute Gasteiger partial charge is 0.545 e. The van der Waals surface area contributed by atoms with E-state index < -0.39 is 17.1 Å². The lowest BCUT2D eigenvalue weighted by Crippen LogP contribution is -2.46. The third-order valence-electron chi connectivity index (χ3n) is 4.90. The highest BCUT2D eigenvalue weighted by atomic mass is 35.5. The van der Waals surface area contributed by atoms with Crippen molar-refractivity contribution in [1.29, 1.82) is 0 Å². The summed E-state index contributed by atoms with van der Waals surface area (Å²) >= 11 is 6.86. The molecule has 2 aromatic rings. The summed E-state index contributed by atoms with van der Waals surface area (Å²) < 4.78 is 10.9. The molecule has 0 saturated carbocycles. The van der Waals surface area contributed by atoms with Crippen molar-refractivity contribution in [3.8, 4) is 11.3 Å². The summed E-state index contributed by atoms with van der Waals surface area (Å²) in [6, 6.07) is 7.19. The molecule has 9 nitrogen and oxygen atoms in total. The van der Waals surface area contributed by atoms with Crippen LogP contribution < -0.4 is 5.11 Å². The van der Waals surface area contributed by atoms with Crippen molar-refractivity contribution in [1.82, 2.24) is 9.80 Å². The third-order valence-corrected chi connectivity index (χ3v) is 6.14. The highest BCUT2D eigenvalue weighted by molar-refractivity contribution is 8.18. The number of imide groups is 1. The fraction of sp³-hybridized carbons (Fsp3) is 0.238.